The molecule has 2 N–H and O–H groups in total. The lowest BCUT2D eigenvalue weighted by atomic mass is 10.2. The van der Waals surface area contributed by atoms with Gasteiger partial charge in [0.15, 0.2) is 0 Å². The van der Waals surface area contributed by atoms with Crippen molar-refractivity contribution in [1.29, 1.82) is 0 Å². The Bertz CT molecular complexity index is 434. The van der Waals surface area contributed by atoms with E-state index in [4.69, 9.17) is 9.84 Å². The van der Waals surface area contributed by atoms with Gasteiger partial charge in [-0.3, -0.25) is 9.78 Å². The number of aromatic nitrogens is 1. The molecule has 0 atom stereocenters. The topological polar surface area (TPSA) is 88.5 Å². The summed E-state index contributed by atoms with van der Waals surface area (Å²) >= 11 is 0. The molecule has 0 fully saturated rings. The van der Waals surface area contributed by atoms with Crippen LogP contribution in [0.15, 0.2) is 18.3 Å². The van der Waals surface area contributed by atoms with Crippen molar-refractivity contribution >= 4 is 11.9 Å². The molecule has 0 aliphatic carbocycles. The molecule has 0 radical (unpaired) electrons. The lowest BCUT2D eigenvalue weighted by molar-refractivity contribution is 0.0690. The summed E-state index contributed by atoms with van der Waals surface area (Å²) in [4.78, 5) is 26.6. The summed E-state index contributed by atoms with van der Waals surface area (Å²) in [6.07, 6.45) is 4.11. The van der Waals surface area contributed by atoms with Crippen LogP contribution in [-0.2, 0) is 4.74 Å². The average molecular weight is 266 g/mol. The summed E-state index contributed by atoms with van der Waals surface area (Å²) in [7, 11) is 1.65. The van der Waals surface area contributed by atoms with Crippen LogP contribution >= 0.6 is 0 Å². The smallest absolute Gasteiger partial charge is 0.338 e. The van der Waals surface area contributed by atoms with E-state index < -0.39 is 11.9 Å². The molecule has 0 saturated carbocycles. The minimum absolute atomic E-state index is 0.0492. The maximum absolute atomic E-state index is 11.8. The normalized spacial score (nSPS) is 10.2. The number of pyridine rings is 1. The second-order valence-corrected chi connectivity index (χ2v) is 4.01. The van der Waals surface area contributed by atoms with Crippen molar-refractivity contribution in [1.82, 2.24) is 10.3 Å². The largest absolute Gasteiger partial charge is 0.478 e. The Morgan fingerprint density at radius 1 is 1.37 bits per heavy atom. The van der Waals surface area contributed by atoms with Crippen molar-refractivity contribution in [3.05, 3.63) is 29.6 Å². The molecule has 6 heteroatoms. The lowest BCUT2D eigenvalue weighted by Crippen LogP contribution is -2.27. The SMILES string of the molecule is COCCCCCNC(=O)c1ncccc1C(=O)O. The van der Waals surface area contributed by atoms with Crippen LogP contribution in [0, 0.1) is 0 Å². The second kappa shape index (κ2) is 8.20. The minimum atomic E-state index is -1.15. The third-order valence-corrected chi connectivity index (χ3v) is 2.56. The molecule has 0 aliphatic rings. The molecule has 0 saturated heterocycles. The van der Waals surface area contributed by atoms with E-state index in [2.05, 4.69) is 10.3 Å². The molecule has 1 aromatic rings. The first kappa shape index (κ1) is 15.1. The number of unbranched alkanes of at least 4 members (excludes halogenated alkanes) is 2. The molecule has 0 unspecified atom stereocenters. The first-order chi connectivity index (χ1) is 9.16. The van der Waals surface area contributed by atoms with Crippen molar-refractivity contribution in [2.75, 3.05) is 20.3 Å². The number of aromatic carboxylic acids is 1. The average Bonchev–Trinajstić information content (AvgIpc) is 2.42. The highest BCUT2D eigenvalue weighted by molar-refractivity contribution is 6.03. The van der Waals surface area contributed by atoms with Gasteiger partial charge >= 0.3 is 5.97 Å². The maximum atomic E-state index is 11.8. The molecule has 19 heavy (non-hydrogen) atoms. The molecule has 0 aromatic carbocycles. The highest BCUT2D eigenvalue weighted by Crippen LogP contribution is 2.05. The van der Waals surface area contributed by atoms with Crippen LogP contribution in [0.25, 0.3) is 0 Å². The summed E-state index contributed by atoms with van der Waals surface area (Å²) in [6.45, 7) is 1.20. The van der Waals surface area contributed by atoms with Gasteiger partial charge in [0, 0.05) is 26.5 Å². The molecule has 0 bridgehead atoms. The maximum Gasteiger partial charge on any atom is 0.338 e. The summed E-state index contributed by atoms with van der Waals surface area (Å²) in [5.41, 5.74) is -0.133. The summed E-state index contributed by atoms with van der Waals surface area (Å²) in [5.74, 6) is -1.61. The zero-order valence-electron chi connectivity index (χ0n) is 10.9. The molecule has 1 rings (SSSR count). The van der Waals surface area contributed by atoms with Gasteiger partial charge in [0.2, 0.25) is 0 Å². The summed E-state index contributed by atoms with van der Waals surface area (Å²) in [6, 6.07) is 2.85. The molecule has 0 aliphatic heterocycles. The van der Waals surface area contributed by atoms with Crippen LogP contribution in [-0.4, -0.2) is 42.2 Å². The molecular formula is C13H18N2O4. The van der Waals surface area contributed by atoms with Crippen LogP contribution < -0.4 is 5.32 Å². The Morgan fingerprint density at radius 3 is 2.84 bits per heavy atom. The third kappa shape index (κ3) is 5.05. The Morgan fingerprint density at radius 2 is 2.16 bits per heavy atom. The number of hydrogen-bond donors (Lipinski definition) is 2. The number of rotatable bonds is 8. The van der Waals surface area contributed by atoms with E-state index in [1.165, 1.54) is 18.3 Å². The van der Waals surface area contributed by atoms with Crippen LogP contribution in [0.1, 0.15) is 40.1 Å². The molecule has 1 amide bonds. The molecule has 6 nitrogen and oxygen atoms in total. The zero-order chi connectivity index (χ0) is 14.1. The first-order valence-electron chi connectivity index (χ1n) is 6.12. The Balaban J connectivity index is 2.43. The minimum Gasteiger partial charge on any atom is -0.478 e. The van der Waals surface area contributed by atoms with E-state index >= 15 is 0 Å². The van der Waals surface area contributed by atoms with Gasteiger partial charge in [-0.25, -0.2) is 4.79 Å². The Hall–Kier alpha value is -1.95. The molecule has 0 spiro atoms. The monoisotopic (exact) mass is 266 g/mol. The number of hydrogen-bond acceptors (Lipinski definition) is 4. The summed E-state index contributed by atoms with van der Waals surface area (Å²) < 4.78 is 4.92. The number of methoxy groups -OCH3 is 1. The van der Waals surface area contributed by atoms with Crippen LogP contribution in [0.2, 0.25) is 0 Å². The number of ether oxygens (including phenoxy) is 1. The molecule has 104 valence electrons. The number of nitrogens with one attached hydrogen (secondary N) is 1. The Labute approximate surface area is 111 Å². The van der Waals surface area contributed by atoms with Gasteiger partial charge in [0.05, 0.1) is 5.56 Å². The molecule has 1 heterocycles. The van der Waals surface area contributed by atoms with Crippen LogP contribution in [0.4, 0.5) is 0 Å². The highest BCUT2D eigenvalue weighted by Gasteiger charge is 2.16. The number of carbonyl (C=O) groups is 2. The molecular weight excluding hydrogens is 248 g/mol. The number of amides is 1. The fraction of sp³-hybridized carbons (Fsp3) is 0.462. The van der Waals surface area contributed by atoms with Gasteiger partial charge < -0.3 is 15.2 Å². The van der Waals surface area contributed by atoms with E-state index in [0.29, 0.717) is 13.2 Å². The van der Waals surface area contributed by atoms with Crippen LogP contribution in [0.3, 0.4) is 0 Å². The van der Waals surface area contributed by atoms with E-state index in [1.54, 1.807) is 7.11 Å². The lowest BCUT2D eigenvalue weighted by Gasteiger charge is -2.06. The number of nitrogens with zero attached hydrogens (tertiary/aromatic N) is 1. The van der Waals surface area contributed by atoms with Gasteiger partial charge in [-0.05, 0) is 31.4 Å². The fourth-order valence-electron chi connectivity index (χ4n) is 1.59. The quantitative estimate of drug-likeness (QED) is 0.693. The van der Waals surface area contributed by atoms with E-state index in [9.17, 15) is 9.59 Å². The Kier molecular flexibility index (Phi) is 6.52. The number of carbonyl (C=O) groups excluding carboxylic acids is 1. The van der Waals surface area contributed by atoms with Gasteiger partial charge in [-0.1, -0.05) is 0 Å². The van der Waals surface area contributed by atoms with Gasteiger partial charge in [0.25, 0.3) is 5.91 Å². The second-order valence-electron chi connectivity index (χ2n) is 4.01. The third-order valence-electron chi connectivity index (χ3n) is 2.56. The van der Waals surface area contributed by atoms with E-state index in [-0.39, 0.29) is 11.3 Å². The van der Waals surface area contributed by atoms with E-state index in [1.807, 2.05) is 0 Å². The van der Waals surface area contributed by atoms with E-state index in [0.717, 1.165) is 19.3 Å². The number of carboxylic acids is 1. The summed E-state index contributed by atoms with van der Waals surface area (Å²) in [5, 5.41) is 11.6. The first-order valence-corrected chi connectivity index (χ1v) is 6.12. The number of carboxylic acid groups (broad SMARTS) is 1. The zero-order valence-corrected chi connectivity index (χ0v) is 10.9. The highest BCUT2D eigenvalue weighted by atomic mass is 16.5. The van der Waals surface area contributed by atoms with Crippen molar-refractivity contribution < 1.29 is 19.4 Å². The van der Waals surface area contributed by atoms with Crippen molar-refractivity contribution in [3.63, 3.8) is 0 Å². The predicted octanol–water partition coefficient (Wildman–Crippen LogP) is 1.33. The standard InChI is InChI=1S/C13H18N2O4/c1-19-9-4-2-3-7-15-12(16)11-10(13(17)18)6-5-8-14-11/h5-6,8H,2-4,7,9H2,1H3,(H,15,16)(H,17,18). The van der Waals surface area contributed by atoms with Crippen molar-refractivity contribution in [2.45, 2.75) is 19.3 Å². The fourth-order valence-corrected chi connectivity index (χ4v) is 1.59. The molecule has 1 aromatic heterocycles. The van der Waals surface area contributed by atoms with Crippen LogP contribution in [0.5, 0.6) is 0 Å². The van der Waals surface area contributed by atoms with Crippen molar-refractivity contribution in [2.24, 2.45) is 0 Å². The van der Waals surface area contributed by atoms with Gasteiger partial charge in [0.1, 0.15) is 5.69 Å². The predicted molar refractivity (Wildman–Crippen MR) is 69.3 cm³/mol. The van der Waals surface area contributed by atoms with Gasteiger partial charge in [-0.2, -0.15) is 0 Å². The van der Waals surface area contributed by atoms with Gasteiger partial charge in [-0.15, -0.1) is 0 Å². The van der Waals surface area contributed by atoms with Crippen molar-refractivity contribution in [3.8, 4) is 0 Å².